The van der Waals surface area contributed by atoms with E-state index in [1.807, 2.05) is 6.92 Å². The molecule has 1 N–H and O–H groups in total. The van der Waals surface area contributed by atoms with Gasteiger partial charge in [-0.1, -0.05) is 19.9 Å². The molecule has 2 nitrogen and oxygen atoms in total. The smallest absolute Gasteiger partial charge is 0.135 e. The van der Waals surface area contributed by atoms with Crippen molar-refractivity contribution in [2.45, 2.75) is 26.9 Å². The molecule has 0 saturated carbocycles. The molecule has 2 heteroatoms. The van der Waals surface area contributed by atoms with Gasteiger partial charge in [0, 0.05) is 11.8 Å². The molecule has 0 aromatic heterocycles. The van der Waals surface area contributed by atoms with Crippen LogP contribution in [0.4, 0.5) is 0 Å². The maximum atomic E-state index is 10.8. The van der Waals surface area contributed by atoms with Gasteiger partial charge in [-0.05, 0) is 6.92 Å². The van der Waals surface area contributed by atoms with Crippen molar-refractivity contribution in [2.75, 3.05) is 0 Å². The number of hydrogen-bond acceptors (Lipinski definition) is 2. The molecule has 0 aliphatic heterocycles. The van der Waals surface area contributed by atoms with E-state index >= 15 is 0 Å². The lowest BCUT2D eigenvalue weighted by Crippen LogP contribution is -2.28. The summed E-state index contributed by atoms with van der Waals surface area (Å²) in [5.41, 5.74) is 0. The zero-order valence-corrected chi connectivity index (χ0v) is 7.37. The Labute approximate surface area is 67.9 Å². The fourth-order valence-corrected chi connectivity index (χ4v) is 0.835. The average Bonchev–Trinajstić information content (AvgIpc) is 2.00. The lowest BCUT2D eigenvalue weighted by molar-refractivity contribution is -0.124. The maximum Gasteiger partial charge on any atom is 0.135 e. The van der Waals surface area contributed by atoms with Gasteiger partial charge in [0.25, 0.3) is 0 Å². The van der Waals surface area contributed by atoms with Crippen LogP contribution in [0.2, 0.25) is 0 Å². The Hall–Kier alpha value is -0.630. The molecule has 3 atom stereocenters. The summed E-state index contributed by atoms with van der Waals surface area (Å²) < 4.78 is 0. The van der Waals surface area contributed by atoms with Crippen molar-refractivity contribution in [1.29, 1.82) is 0 Å². The van der Waals surface area contributed by atoms with Gasteiger partial charge in [0.2, 0.25) is 0 Å². The van der Waals surface area contributed by atoms with Crippen LogP contribution in [0, 0.1) is 11.8 Å². The number of aliphatic hydroxyl groups is 1. The number of hydrogen-bond donors (Lipinski definition) is 1. The van der Waals surface area contributed by atoms with Crippen molar-refractivity contribution in [2.24, 2.45) is 11.8 Å². The van der Waals surface area contributed by atoms with Crippen molar-refractivity contribution in [1.82, 2.24) is 0 Å². The van der Waals surface area contributed by atoms with E-state index in [1.54, 1.807) is 13.0 Å². The topological polar surface area (TPSA) is 37.3 Å². The third-order valence-electron chi connectivity index (χ3n) is 2.06. The highest BCUT2D eigenvalue weighted by Gasteiger charge is 2.21. The average molecular weight is 156 g/mol. The standard InChI is InChI=1S/C9H16O2/c1-5-6(2)9(11)7(3)8(4)10/h5-7,9,11H,1H2,2-4H3/t6-,7-,9+/m0/s1. The summed E-state index contributed by atoms with van der Waals surface area (Å²) in [6, 6.07) is 0. The Bertz CT molecular complexity index is 152. The van der Waals surface area contributed by atoms with Crippen LogP contribution in [-0.4, -0.2) is 17.0 Å². The van der Waals surface area contributed by atoms with Gasteiger partial charge in [0.15, 0.2) is 0 Å². The van der Waals surface area contributed by atoms with Crippen molar-refractivity contribution >= 4 is 5.78 Å². The summed E-state index contributed by atoms with van der Waals surface area (Å²) >= 11 is 0. The summed E-state index contributed by atoms with van der Waals surface area (Å²) in [6.45, 7) is 8.62. The minimum atomic E-state index is -0.593. The Morgan fingerprint density at radius 2 is 2.00 bits per heavy atom. The molecule has 0 amide bonds. The van der Waals surface area contributed by atoms with E-state index in [2.05, 4.69) is 6.58 Å². The first-order chi connectivity index (χ1) is 5.00. The Balaban J connectivity index is 4.11. The highest BCUT2D eigenvalue weighted by atomic mass is 16.3. The van der Waals surface area contributed by atoms with Crippen LogP contribution in [0.25, 0.3) is 0 Å². The number of Topliss-reactive ketones (excluding diaryl/α,β-unsaturated/α-hetero) is 1. The van der Waals surface area contributed by atoms with E-state index in [0.29, 0.717) is 0 Å². The van der Waals surface area contributed by atoms with Gasteiger partial charge in [-0.2, -0.15) is 0 Å². The molecular formula is C9H16O2. The monoisotopic (exact) mass is 156 g/mol. The summed E-state index contributed by atoms with van der Waals surface area (Å²) in [6.07, 6.45) is 1.06. The largest absolute Gasteiger partial charge is 0.392 e. The van der Waals surface area contributed by atoms with Crippen LogP contribution < -0.4 is 0 Å². The first kappa shape index (κ1) is 10.4. The van der Waals surface area contributed by atoms with Gasteiger partial charge in [0.05, 0.1) is 6.10 Å². The fraction of sp³-hybridized carbons (Fsp3) is 0.667. The molecule has 0 radical (unpaired) electrons. The Morgan fingerprint density at radius 3 is 2.27 bits per heavy atom. The third-order valence-corrected chi connectivity index (χ3v) is 2.06. The van der Waals surface area contributed by atoms with E-state index < -0.39 is 6.10 Å². The second-order valence-corrected chi connectivity index (χ2v) is 2.98. The van der Waals surface area contributed by atoms with E-state index in [-0.39, 0.29) is 17.6 Å². The molecule has 0 aromatic rings. The van der Waals surface area contributed by atoms with Crippen LogP contribution in [0.3, 0.4) is 0 Å². The number of ketones is 1. The molecule has 0 aromatic carbocycles. The van der Waals surface area contributed by atoms with E-state index in [0.717, 1.165) is 0 Å². The van der Waals surface area contributed by atoms with E-state index in [9.17, 15) is 9.90 Å². The normalized spacial score (nSPS) is 18.5. The SMILES string of the molecule is C=C[C@H](C)[C@@H](O)[C@@H](C)C(C)=O. The molecule has 0 spiro atoms. The molecule has 64 valence electrons. The molecule has 0 saturated heterocycles. The maximum absolute atomic E-state index is 10.8. The zero-order chi connectivity index (χ0) is 9.02. The van der Waals surface area contributed by atoms with Crippen LogP contribution in [0.1, 0.15) is 20.8 Å². The molecule has 11 heavy (non-hydrogen) atoms. The van der Waals surface area contributed by atoms with Crippen LogP contribution in [-0.2, 0) is 4.79 Å². The molecule has 0 aliphatic rings. The molecule has 0 bridgehead atoms. The Morgan fingerprint density at radius 1 is 1.55 bits per heavy atom. The lowest BCUT2D eigenvalue weighted by atomic mass is 9.91. The first-order valence-corrected chi connectivity index (χ1v) is 3.81. The highest BCUT2D eigenvalue weighted by molar-refractivity contribution is 5.78. The number of carbonyl (C=O) groups excluding carboxylic acids is 1. The predicted octanol–water partition coefficient (Wildman–Crippen LogP) is 1.39. The number of carbonyl (C=O) groups is 1. The summed E-state index contributed by atoms with van der Waals surface area (Å²) in [7, 11) is 0. The summed E-state index contributed by atoms with van der Waals surface area (Å²) in [4.78, 5) is 10.8. The van der Waals surface area contributed by atoms with Gasteiger partial charge >= 0.3 is 0 Å². The van der Waals surface area contributed by atoms with Crippen molar-refractivity contribution in [3.8, 4) is 0 Å². The molecule has 0 fully saturated rings. The van der Waals surface area contributed by atoms with E-state index in [1.165, 1.54) is 6.92 Å². The van der Waals surface area contributed by atoms with Crippen molar-refractivity contribution in [3.63, 3.8) is 0 Å². The van der Waals surface area contributed by atoms with Crippen LogP contribution in [0.15, 0.2) is 12.7 Å². The Kier molecular flexibility index (Phi) is 4.04. The molecule has 0 rings (SSSR count). The molecule has 0 aliphatic carbocycles. The highest BCUT2D eigenvalue weighted by Crippen LogP contribution is 2.14. The minimum absolute atomic E-state index is 0.0195. The van der Waals surface area contributed by atoms with E-state index in [4.69, 9.17) is 0 Å². The van der Waals surface area contributed by atoms with Crippen molar-refractivity contribution < 1.29 is 9.90 Å². The summed E-state index contributed by atoms with van der Waals surface area (Å²) in [5, 5.41) is 9.46. The van der Waals surface area contributed by atoms with Gasteiger partial charge in [-0.15, -0.1) is 6.58 Å². The van der Waals surface area contributed by atoms with Gasteiger partial charge in [0.1, 0.15) is 5.78 Å². The minimum Gasteiger partial charge on any atom is -0.392 e. The van der Waals surface area contributed by atoms with Gasteiger partial charge in [-0.25, -0.2) is 0 Å². The van der Waals surface area contributed by atoms with Crippen LogP contribution >= 0.6 is 0 Å². The second kappa shape index (κ2) is 4.29. The quantitative estimate of drug-likeness (QED) is 0.624. The lowest BCUT2D eigenvalue weighted by Gasteiger charge is -2.19. The molecule has 0 unspecified atom stereocenters. The first-order valence-electron chi connectivity index (χ1n) is 3.81. The predicted molar refractivity (Wildman–Crippen MR) is 45.2 cm³/mol. The van der Waals surface area contributed by atoms with Crippen molar-refractivity contribution in [3.05, 3.63) is 12.7 Å². The second-order valence-electron chi connectivity index (χ2n) is 2.98. The number of aliphatic hydroxyl groups excluding tert-OH is 1. The number of rotatable bonds is 4. The van der Waals surface area contributed by atoms with Gasteiger partial charge in [-0.3, -0.25) is 4.79 Å². The third kappa shape index (κ3) is 2.85. The summed E-state index contributed by atoms with van der Waals surface area (Å²) in [5.74, 6) is -0.289. The molecule has 0 heterocycles. The fourth-order valence-electron chi connectivity index (χ4n) is 0.835. The van der Waals surface area contributed by atoms with Gasteiger partial charge < -0.3 is 5.11 Å². The van der Waals surface area contributed by atoms with Crippen LogP contribution in [0.5, 0.6) is 0 Å². The zero-order valence-electron chi connectivity index (χ0n) is 7.37. The molecular weight excluding hydrogens is 140 g/mol.